The summed E-state index contributed by atoms with van der Waals surface area (Å²) in [6.07, 6.45) is 0. The standard InChI is InChI=1S/C12H19N3O2/c1-9-7-11(5-6-12(9)15(16)17)13-8-10(2)14(3)4/h5-7,10,13H,8H2,1-4H3. The van der Waals surface area contributed by atoms with Crippen LogP contribution in [0.4, 0.5) is 11.4 Å². The van der Waals surface area contributed by atoms with Gasteiger partial charge in [-0.15, -0.1) is 0 Å². The fraction of sp³-hybridized carbons (Fsp3) is 0.500. The highest BCUT2D eigenvalue weighted by Gasteiger charge is 2.10. The molecule has 0 aliphatic heterocycles. The lowest BCUT2D eigenvalue weighted by atomic mass is 10.2. The lowest BCUT2D eigenvalue weighted by Gasteiger charge is -2.20. The van der Waals surface area contributed by atoms with Crippen LogP contribution in [-0.4, -0.2) is 36.5 Å². The number of anilines is 1. The Morgan fingerprint density at radius 3 is 2.59 bits per heavy atom. The van der Waals surface area contributed by atoms with E-state index in [0.29, 0.717) is 11.6 Å². The van der Waals surface area contributed by atoms with Gasteiger partial charge in [0.1, 0.15) is 0 Å². The summed E-state index contributed by atoms with van der Waals surface area (Å²) in [6, 6.07) is 5.50. The number of nitro benzene ring substituents is 1. The van der Waals surface area contributed by atoms with Gasteiger partial charge in [0.25, 0.3) is 5.69 Å². The molecule has 1 aromatic rings. The summed E-state index contributed by atoms with van der Waals surface area (Å²) in [6.45, 7) is 4.67. The Kier molecular flexibility index (Phi) is 4.45. The van der Waals surface area contributed by atoms with Crippen molar-refractivity contribution in [2.75, 3.05) is 26.0 Å². The molecule has 0 spiro atoms. The first kappa shape index (κ1) is 13.4. The molecule has 94 valence electrons. The van der Waals surface area contributed by atoms with Crippen molar-refractivity contribution in [3.63, 3.8) is 0 Å². The molecule has 0 amide bonds. The number of hydrogen-bond donors (Lipinski definition) is 1. The SMILES string of the molecule is Cc1cc(NCC(C)N(C)C)ccc1[N+](=O)[O-]. The number of hydrogen-bond acceptors (Lipinski definition) is 4. The second kappa shape index (κ2) is 5.63. The highest BCUT2D eigenvalue weighted by Crippen LogP contribution is 2.21. The molecule has 1 N–H and O–H groups in total. The summed E-state index contributed by atoms with van der Waals surface area (Å²) in [7, 11) is 4.04. The van der Waals surface area contributed by atoms with Gasteiger partial charge in [-0.2, -0.15) is 0 Å². The fourth-order valence-electron chi connectivity index (χ4n) is 1.42. The van der Waals surface area contributed by atoms with E-state index in [4.69, 9.17) is 0 Å². The Morgan fingerprint density at radius 1 is 1.47 bits per heavy atom. The highest BCUT2D eigenvalue weighted by atomic mass is 16.6. The summed E-state index contributed by atoms with van der Waals surface area (Å²) < 4.78 is 0. The molecule has 0 fully saturated rings. The van der Waals surface area contributed by atoms with E-state index < -0.39 is 0 Å². The molecule has 0 heterocycles. The Morgan fingerprint density at radius 2 is 2.12 bits per heavy atom. The minimum absolute atomic E-state index is 0.163. The van der Waals surface area contributed by atoms with E-state index in [2.05, 4.69) is 17.1 Å². The molecule has 0 saturated carbocycles. The summed E-state index contributed by atoms with van der Waals surface area (Å²) in [4.78, 5) is 12.4. The van der Waals surface area contributed by atoms with Gasteiger partial charge in [0.15, 0.2) is 0 Å². The van der Waals surface area contributed by atoms with E-state index in [0.717, 1.165) is 12.2 Å². The van der Waals surface area contributed by atoms with Crippen molar-refractivity contribution in [2.24, 2.45) is 0 Å². The average molecular weight is 237 g/mol. The molecule has 17 heavy (non-hydrogen) atoms. The first-order valence-corrected chi connectivity index (χ1v) is 5.57. The second-order valence-electron chi connectivity index (χ2n) is 4.45. The Balaban J connectivity index is 2.68. The number of nitro groups is 1. The zero-order valence-electron chi connectivity index (χ0n) is 10.7. The molecule has 1 rings (SSSR count). The van der Waals surface area contributed by atoms with Crippen LogP contribution < -0.4 is 5.32 Å². The maximum atomic E-state index is 10.7. The maximum absolute atomic E-state index is 10.7. The van der Waals surface area contributed by atoms with Crippen molar-refractivity contribution in [1.82, 2.24) is 4.90 Å². The molecule has 1 unspecified atom stereocenters. The largest absolute Gasteiger partial charge is 0.383 e. The van der Waals surface area contributed by atoms with Gasteiger partial charge in [0.05, 0.1) is 4.92 Å². The van der Waals surface area contributed by atoms with Crippen LogP contribution in [0, 0.1) is 17.0 Å². The molecular formula is C12H19N3O2. The van der Waals surface area contributed by atoms with Crippen LogP contribution in [0.15, 0.2) is 18.2 Å². The molecule has 5 heteroatoms. The van der Waals surface area contributed by atoms with E-state index in [1.54, 1.807) is 19.1 Å². The number of rotatable bonds is 5. The Bertz CT molecular complexity index is 405. The van der Waals surface area contributed by atoms with Crippen LogP contribution in [-0.2, 0) is 0 Å². The van der Waals surface area contributed by atoms with E-state index in [1.807, 2.05) is 14.1 Å². The monoisotopic (exact) mass is 237 g/mol. The molecule has 0 aliphatic rings. The van der Waals surface area contributed by atoms with E-state index in [1.165, 1.54) is 6.07 Å². The van der Waals surface area contributed by atoms with Gasteiger partial charge in [-0.1, -0.05) is 0 Å². The van der Waals surface area contributed by atoms with Crippen molar-refractivity contribution >= 4 is 11.4 Å². The number of benzene rings is 1. The van der Waals surface area contributed by atoms with Crippen molar-refractivity contribution in [1.29, 1.82) is 0 Å². The van der Waals surface area contributed by atoms with E-state index >= 15 is 0 Å². The van der Waals surface area contributed by atoms with Gasteiger partial charge in [-0.05, 0) is 40.1 Å². The van der Waals surface area contributed by atoms with Crippen molar-refractivity contribution in [2.45, 2.75) is 19.9 Å². The van der Waals surface area contributed by atoms with Crippen LogP contribution in [0.25, 0.3) is 0 Å². The van der Waals surface area contributed by atoms with Gasteiger partial charge in [-0.25, -0.2) is 0 Å². The van der Waals surface area contributed by atoms with Gasteiger partial charge < -0.3 is 10.2 Å². The predicted octanol–water partition coefficient (Wildman–Crippen LogP) is 2.27. The summed E-state index contributed by atoms with van der Waals surface area (Å²) >= 11 is 0. The minimum atomic E-state index is -0.360. The molecule has 0 radical (unpaired) electrons. The number of nitrogens with zero attached hydrogens (tertiary/aromatic N) is 2. The molecular weight excluding hydrogens is 218 g/mol. The molecule has 1 atom stereocenters. The van der Waals surface area contributed by atoms with Gasteiger partial charge in [0, 0.05) is 29.9 Å². The third-order valence-corrected chi connectivity index (χ3v) is 2.88. The third kappa shape index (κ3) is 3.71. The van der Waals surface area contributed by atoms with Crippen LogP contribution in [0.5, 0.6) is 0 Å². The van der Waals surface area contributed by atoms with Crippen LogP contribution >= 0.6 is 0 Å². The maximum Gasteiger partial charge on any atom is 0.272 e. The molecule has 0 bridgehead atoms. The summed E-state index contributed by atoms with van der Waals surface area (Å²) in [5, 5.41) is 13.9. The van der Waals surface area contributed by atoms with E-state index in [-0.39, 0.29) is 10.6 Å². The number of aryl methyl sites for hydroxylation is 1. The van der Waals surface area contributed by atoms with Gasteiger partial charge >= 0.3 is 0 Å². The number of likely N-dealkylation sites (N-methyl/N-ethyl adjacent to an activating group) is 1. The summed E-state index contributed by atoms with van der Waals surface area (Å²) in [5.74, 6) is 0. The van der Waals surface area contributed by atoms with Crippen LogP contribution in [0.1, 0.15) is 12.5 Å². The topological polar surface area (TPSA) is 58.4 Å². The molecule has 1 aromatic carbocycles. The van der Waals surface area contributed by atoms with Crippen molar-refractivity contribution in [3.05, 3.63) is 33.9 Å². The van der Waals surface area contributed by atoms with Crippen LogP contribution in [0.2, 0.25) is 0 Å². The molecule has 0 saturated heterocycles. The zero-order valence-corrected chi connectivity index (χ0v) is 10.7. The molecule has 5 nitrogen and oxygen atoms in total. The summed E-state index contributed by atoms with van der Waals surface area (Å²) in [5.41, 5.74) is 1.76. The van der Waals surface area contributed by atoms with Gasteiger partial charge in [0.2, 0.25) is 0 Å². The first-order chi connectivity index (χ1) is 7.91. The smallest absolute Gasteiger partial charge is 0.272 e. The lowest BCUT2D eigenvalue weighted by molar-refractivity contribution is -0.385. The fourth-order valence-corrected chi connectivity index (χ4v) is 1.42. The second-order valence-corrected chi connectivity index (χ2v) is 4.45. The molecule has 0 aromatic heterocycles. The normalized spacial score (nSPS) is 12.5. The highest BCUT2D eigenvalue weighted by molar-refractivity contribution is 5.53. The predicted molar refractivity (Wildman–Crippen MR) is 69.5 cm³/mol. The molecule has 0 aliphatic carbocycles. The lowest BCUT2D eigenvalue weighted by Crippen LogP contribution is -2.31. The third-order valence-electron chi connectivity index (χ3n) is 2.88. The Hall–Kier alpha value is -1.62. The quantitative estimate of drug-likeness (QED) is 0.630. The first-order valence-electron chi connectivity index (χ1n) is 5.57. The minimum Gasteiger partial charge on any atom is -0.383 e. The van der Waals surface area contributed by atoms with Crippen molar-refractivity contribution < 1.29 is 4.92 Å². The van der Waals surface area contributed by atoms with Gasteiger partial charge in [-0.3, -0.25) is 10.1 Å². The zero-order chi connectivity index (χ0) is 13.0. The van der Waals surface area contributed by atoms with Crippen LogP contribution in [0.3, 0.4) is 0 Å². The number of nitrogens with one attached hydrogen (secondary N) is 1. The Labute approximate surface area is 102 Å². The van der Waals surface area contributed by atoms with Crippen molar-refractivity contribution in [3.8, 4) is 0 Å². The van der Waals surface area contributed by atoms with E-state index in [9.17, 15) is 10.1 Å². The average Bonchev–Trinajstić information content (AvgIpc) is 2.25.